The third kappa shape index (κ3) is 1.91. The lowest BCUT2D eigenvalue weighted by Gasteiger charge is -2.22. The van der Waals surface area contributed by atoms with Gasteiger partial charge in [0.1, 0.15) is 13.2 Å². The molecule has 15 heavy (non-hydrogen) atoms. The van der Waals surface area contributed by atoms with E-state index in [2.05, 4.69) is 0 Å². The molecule has 0 fully saturated rings. The summed E-state index contributed by atoms with van der Waals surface area (Å²) in [4.78, 5) is 0. The van der Waals surface area contributed by atoms with Crippen LogP contribution >= 0.6 is 0 Å². The molecule has 1 aliphatic heterocycles. The zero-order valence-corrected chi connectivity index (χ0v) is 8.69. The largest absolute Gasteiger partial charge is 0.486 e. The van der Waals surface area contributed by atoms with E-state index >= 15 is 0 Å². The van der Waals surface area contributed by atoms with Gasteiger partial charge in [-0.3, -0.25) is 0 Å². The monoisotopic (exact) mass is 209 g/mol. The van der Waals surface area contributed by atoms with Crippen LogP contribution in [0.15, 0.2) is 12.1 Å². The van der Waals surface area contributed by atoms with E-state index in [1.54, 1.807) is 0 Å². The van der Waals surface area contributed by atoms with Crippen LogP contribution in [0.2, 0.25) is 0 Å². The Balaban J connectivity index is 2.40. The number of rotatable bonds is 2. The first-order chi connectivity index (χ1) is 7.22. The number of aliphatic hydroxyl groups is 1. The number of hydrogen-bond donors (Lipinski definition) is 2. The van der Waals surface area contributed by atoms with Crippen molar-refractivity contribution < 1.29 is 14.6 Å². The van der Waals surface area contributed by atoms with E-state index in [0.29, 0.717) is 13.2 Å². The quantitative estimate of drug-likeness (QED) is 0.754. The molecule has 4 nitrogen and oxygen atoms in total. The highest BCUT2D eigenvalue weighted by atomic mass is 16.6. The predicted octanol–water partition coefficient (Wildman–Crippen LogP) is 0.758. The van der Waals surface area contributed by atoms with Crippen molar-refractivity contribution in [3.05, 3.63) is 23.3 Å². The molecule has 0 amide bonds. The van der Waals surface area contributed by atoms with E-state index < -0.39 is 0 Å². The fourth-order valence-electron chi connectivity index (χ4n) is 1.68. The predicted molar refractivity (Wildman–Crippen MR) is 56.2 cm³/mol. The topological polar surface area (TPSA) is 64.7 Å². The molecule has 82 valence electrons. The van der Waals surface area contributed by atoms with E-state index in [4.69, 9.17) is 20.3 Å². The van der Waals surface area contributed by atoms with Crippen LogP contribution in [-0.4, -0.2) is 24.9 Å². The molecule has 1 heterocycles. The van der Waals surface area contributed by atoms with E-state index in [1.807, 2.05) is 19.1 Å². The van der Waals surface area contributed by atoms with Crippen molar-refractivity contribution in [3.63, 3.8) is 0 Å². The second kappa shape index (κ2) is 4.08. The number of hydrogen-bond acceptors (Lipinski definition) is 4. The average molecular weight is 209 g/mol. The second-order valence-electron chi connectivity index (χ2n) is 3.65. The lowest BCUT2D eigenvalue weighted by molar-refractivity contribution is 0.170. The van der Waals surface area contributed by atoms with Crippen LogP contribution in [0.1, 0.15) is 17.2 Å². The van der Waals surface area contributed by atoms with Gasteiger partial charge >= 0.3 is 0 Å². The molecule has 1 aromatic rings. The van der Waals surface area contributed by atoms with Crippen molar-refractivity contribution in [1.29, 1.82) is 0 Å². The Morgan fingerprint density at radius 1 is 1.40 bits per heavy atom. The molecule has 0 aromatic heterocycles. The van der Waals surface area contributed by atoms with E-state index in [0.717, 1.165) is 22.6 Å². The van der Waals surface area contributed by atoms with Crippen LogP contribution in [0.5, 0.6) is 11.5 Å². The fraction of sp³-hybridized carbons (Fsp3) is 0.455. The SMILES string of the molecule is Cc1cc(C(N)CO)cc2c1OCCO2. The summed E-state index contributed by atoms with van der Waals surface area (Å²) in [6.45, 7) is 3.02. The van der Waals surface area contributed by atoms with Gasteiger partial charge in [-0.1, -0.05) is 6.07 Å². The Morgan fingerprint density at radius 3 is 2.87 bits per heavy atom. The average Bonchev–Trinajstić information content (AvgIpc) is 2.28. The van der Waals surface area contributed by atoms with Gasteiger partial charge < -0.3 is 20.3 Å². The van der Waals surface area contributed by atoms with E-state index in [9.17, 15) is 0 Å². The minimum absolute atomic E-state index is 0.0704. The number of fused-ring (bicyclic) bond motifs is 1. The lowest BCUT2D eigenvalue weighted by atomic mass is 10.0. The first-order valence-corrected chi connectivity index (χ1v) is 4.99. The maximum absolute atomic E-state index is 8.99. The standard InChI is InChI=1S/C11H15NO3/c1-7-4-8(9(12)6-13)5-10-11(7)15-3-2-14-10/h4-5,9,13H,2-3,6,12H2,1H3. The molecule has 1 atom stereocenters. The number of ether oxygens (including phenoxy) is 2. The number of benzene rings is 1. The summed E-state index contributed by atoms with van der Waals surface area (Å²) in [6, 6.07) is 3.40. The van der Waals surface area contributed by atoms with Crippen LogP contribution in [0, 0.1) is 6.92 Å². The van der Waals surface area contributed by atoms with Crippen LogP contribution in [0.25, 0.3) is 0 Å². The lowest BCUT2D eigenvalue weighted by Crippen LogP contribution is -2.19. The molecule has 0 saturated heterocycles. The van der Waals surface area contributed by atoms with Crippen LogP contribution in [0.4, 0.5) is 0 Å². The highest BCUT2D eigenvalue weighted by molar-refractivity contribution is 5.50. The normalized spacial score (nSPS) is 16.2. The summed E-state index contributed by atoms with van der Waals surface area (Å²) in [5.74, 6) is 1.51. The van der Waals surface area contributed by atoms with Gasteiger partial charge in [0.2, 0.25) is 0 Å². The summed E-state index contributed by atoms with van der Waals surface area (Å²) in [5, 5.41) is 8.99. The molecule has 0 spiro atoms. The van der Waals surface area contributed by atoms with Crippen LogP contribution in [-0.2, 0) is 0 Å². The Hall–Kier alpha value is -1.26. The van der Waals surface area contributed by atoms with Crippen molar-refractivity contribution in [2.75, 3.05) is 19.8 Å². The molecule has 3 N–H and O–H groups in total. The molecule has 2 rings (SSSR count). The van der Waals surface area contributed by atoms with Gasteiger partial charge in [0.15, 0.2) is 11.5 Å². The van der Waals surface area contributed by atoms with E-state index in [-0.39, 0.29) is 12.6 Å². The summed E-state index contributed by atoms with van der Waals surface area (Å²) in [7, 11) is 0. The van der Waals surface area contributed by atoms with Crippen molar-refractivity contribution in [3.8, 4) is 11.5 Å². The minimum Gasteiger partial charge on any atom is -0.486 e. The molecule has 1 aliphatic rings. The van der Waals surface area contributed by atoms with Gasteiger partial charge in [0, 0.05) is 0 Å². The summed E-state index contributed by atoms with van der Waals surface area (Å²) >= 11 is 0. The molecule has 1 aromatic carbocycles. The third-order valence-corrected chi connectivity index (χ3v) is 2.48. The Kier molecular flexibility index (Phi) is 2.79. The molecule has 1 unspecified atom stereocenters. The van der Waals surface area contributed by atoms with Crippen molar-refractivity contribution >= 4 is 0 Å². The molecule has 0 saturated carbocycles. The summed E-state index contributed by atoms with van der Waals surface area (Å²) in [5.41, 5.74) is 7.62. The van der Waals surface area contributed by atoms with Gasteiger partial charge in [-0.05, 0) is 24.1 Å². The number of aliphatic hydroxyl groups excluding tert-OH is 1. The zero-order valence-electron chi connectivity index (χ0n) is 8.69. The smallest absolute Gasteiger partial charge is 0.164 e. The first-order valence-electron chi connectivity index (χ1n) is 4.99. The van der Waals surface area contributed by atoms with Gasteiger partial charge in [0.25, 0.3) is 0 Å². The van der Waals surface area contributed by atoms with Crippen molar-refractivity contribution in [2.45, 2.75) is 13.0 Å². The maximum atomic E-state index is 8.99. The van der Waals surface area contributed by atoms with Crippen LogP contribution < -0.4 is 15.2 Å². The summed E-state index contributed by atoms with van der Waals surface area (Å²) in [6.07, 6.45) is 0. The van der Waals surface area contributed by atoms with Crippen LogP contribution in [0.3, 0.4) is 0 Å². The van der Waals surface area contributed by atoms with Crippen molar-refractivity contribution in [2.24, 2.45) is 5.73 Å². The van der Waals surface area contributed by atoms with Gasteiger partial charge in [-0.25, -0.2) is 0 Å². The van der Waals surface area contributed by atoms with Gasteiger partial charge in [-0.2, -0.15) is 0 Å². The Morgan fingerprint density at radius 2 is 2.13 bits per heavy atom. The highest BCUT2D eigenvalue weighted by Crippen LogP contribution is 2.35. The van der Waals surface area contributed by atoms with Gasteiger partial charge in [-0.15, -0.1) is 0 Å². The van der Waals surface area contributed by atoms with Gasteiger partial charge in [0.05, 0.1) is 12.6 Å². The minimum atomic E-state index is -0.362. The molecule has 0 aliphatic carbocycles. The molecular weight excluding hydrogens is 194 g/mol. The van der Waals surface area contributed by atoms with Crippen molar-refractivity contribution in [1.82, 2.24) is 0 Å². The Bertz CT molecular complexity index is 365. The number of aryl methyl sites for hydroxylation is 1. The zero-order chi connectivity index (χ0) is 10.8. The molecule has 4 heteroatoms. The number of nitrogens with two attached hydrogens (primary N) is 1. The second-order valence-corrected chi connectivity index (χ2v) is 3.65. The Labute approximate surface area is 88.6 Å². The first kappa shape index (κ1) is 10.3. The van der Waals surface area contributed by atoms with E-state index in [1.165, 1.54) is 0 Å². The third-order valence-electron chi connectivity index (χ3n) is 2.48. The molecule has 0 radical (unpaired) electrons. The maximum Gasteiger partial charge on any atom is 0.164 e. The molecular formula is C11H15NO3. The highest BCUT2D eigenvalue weighted by Gasteiger charge is 2.17. The summed E-state index contributed by atoms with van der Waals surface area (Å²) < 4.78 is 11.0. The fourth-order valence-corrected chi connectivity index (χ4v) is 1.68. The molecule has 0 bridgehead atoms.